The monoisotopic (exact) mass is 288 g/mol. The fraction of sp³-hybridized carbons (Fsp3) is 0.833. The number of aliphatic hydroxyl groups excluding tert-OH is 1. The van der Waals surface area contributed by atoms with Crippen molar-refractivity contribution < 1.29 is 19.8 Å². The number of hydrogen-bond donors (Lipinski definition) is 5. The summed E-state index contributed by atoms with van der Waals surface area (Å²) in [5.74, 6) is -1.27. The van der Waals surface area contributed by atoms with Crippen LogP contribution < -0.4 is 16.0 Å². The number of piperazine rings is 1. The van der Waals surface area contributed by atoms with Gasteiger partial charge in [-0.15, -0.1) is 0 Å². The van der Waals surface area contributed by atoms with E-state index in [9.17, 15) is 9.59 Å². The van der Waals surface area contributed by atoms with E-state index in [4.69, 9.17) is 10.2 Å². The molecule has 0 aromatic heterocycles. The molecule has 0 saturated carbocycles. The van der Waals surface area contributed by atoms with Gasteiger partial charge < -0.3 is 31.1 Å². The van der Waals surface area contributed by atoms with Crippen LogP contribution in [-0.2, 0) is 4.79 Å². The predicted octanol–water partition coefficient (Wildman–Crippen LogP) is -1.58. The summed E-state index contributed by atoms with van der Waals surface area (Å²) in [6.07, 6.45) is -0.544. The molecule has 0 radical (unpaired) electrons. The molecule has 5 N–H and O–H groups in total. The summed E-state index contributed by atoms with van der Waals surface area (Å²) in [7, 11) is 0. The lowest BCUT2D eigenvalue weighted by Crippen LogP contribution is -2.44. The maximum atomic E-state index is 11.4. The lowest BCUT2D eigenvalue weighted by molar-refractivity contribution is -0.146. The van der Waals surface area contributed by atoms with Crippen LogP contribution in [0.5, 0.6) is 0 Å². The number of nitrogens with one attached hydrogen (secondary N) is 3. The van der Waals surface area contributed by atoms with Gasteiger partial charge in [0.1, 0.15) is 0 Å². The largest absolute Gasteiger partial charge is 0.479 e. The molecule has 8 nitrogen and oxygen atoms in total. The summed E-state index contributed by atoms with van der Waals surface area (Å²) < 4.78 is 0. The minimum Gasteiger partial charge on any atom is -0.479 e. The second-order valence-corrected chi connectivity index (χ2v) is 4.77. The molecule has 1 aliphatic heterocycles. The topological polar surface area (TPSA) is 114 Å². The third-order valence-electron chi connectivity index (χ3n) is 3.13. The Balaban J connectivity index is 1.95. The van der Waals surface area contributed by atoms with E-state index < -0.39 is 12.1 Å². The lowest BCUT2D eigenvalue weighted by atomic mass is 10.2. The summed E-state index contributed by atoms with van der Waals surface area (Å²) in [6.45, 7) is 5.78. The highest BCUT2D eigenvalue weighted by Gasteiger charge is 2.12. The Labute approximate surface area is 118 Å². The Bertz CT molecular complexity index is 308. The van der Waals surface area contributed by atoms with Gasteiger partial charge >= 0.3 is 12.0 Å². The number of carbonyl (C=O) groups is 2. The molecular formula is C12H24N4O4. The van der Waals surface area contributed by atoms with Crippen molar-refractivity contribution in [2.75, 3.05) is 45.8 Å². The highest BCUT2D eigenvalue weighted by atomic mass is 16.4. The quantitative estimate of drug-likeness (QED) is 0.344. The molecule has 0 aliphatic carbocycles. The van der Waals surface area contributed by atoms with E-state index in [1.807, 2.05) is 0 Å². The van der Waals surface area contributed by atoms with Gasteiger partial charge in [-0.2, -0.15) is 0 Å². The first-order chi connectivity index (χ1) is 9.59. The van der Waals surface area contributed by atoms with Crippen molar-refractivity contribution in [1.29, 1.82) is 0 Å². The van der Waals surface area contributed by atoms with Crippen molar-refractivity contribution >= 4 is 12.0 Å². The van der Waals surface area contributed by atoms with Gasteiger partial charge in [-0.05, 0) is 13.0 Å². The van der Waals surface area contributed by atoms with E-state index in [0.717, 1.165) is 39.1 Å². The predicted molar refractivity (Wildman–Crippen MR) is 73.6 cm³/mol. The smallest absolute Gasteiger partial charge is 0.332 e. The maximum Gasteiger partial charge on any atom is 0.332 e. The molecule has 116 valence electrons. The summed E-state index contributed by atoms with van der Waals surface area (Å²) in [5.41, 5.74) is 0. The van der Waals surface area contributed by atoms with E-state index in [1.165, 1.54) is 0 Å². The third kappa shape index (κ3) is 7.27. The Morgan fingerprint density at radius 1 is 1.20 bits per heavy atom. The van der Waals surface area contributed by atoms with Gasteiger partial charge in [0.25, 0.3) is 0 Å². The number of rotatable bonds is 8. The van der Waals surface area contributed by atoms with Crippen LogP contribution in [-0.4, -0.2) is 79.0 Å². The molecule has 1 heterocycles. The standard InChI is InChI=1S/C12H24N4O4/c17-10(11(18)19)2-4-15-12(20)14-3-1-7-16-8-5-13-6-9-16/h10,13,17H,1-9H2,(H,18,19)(H2,14,15,20). The molecule has 2 amide bonds. The first kappa shape index (κ1) is 16.7. The average molecular weight is 288 g/mol. The van der Waals surface area contributed by atoms with Crippen molar-refractivity contribution in [3.63, 3.8) is 0 Å². The highest BCUT2D eigenvalue weighted by molar-refractivity contribution is 5.74. The molecule has 0 aromatic rings. The Kier molecular flexibility index (Phi) is 7.93. The van der Waals surface area contributed by atoms with Crippen molar-refractivity contribution in [3.8, 4) is 0 Å². The molecule has 0 spiro atoms. The number of carbonyl (C=O) groups excluding carboxylic acids is 1. The van der Waals surface area contributed by atoms with Gasteiger partial charge in [-0.1, -0.05) is 0 Å². The van der Waals surface area contributed by atoms with Crippen LogP contribution in [0.4, 0.5) is 4.79 Å². The Morgan fingerprint density at radius 2 is 1.85 bits per heavy atom. The molecule has 1 fully saturated rings. The average Bonchev–Trinajstić information content (AvgIpc) is 2.44. The van der Waals surface area contributed by atoms with Crippen LogP contribution in [0.15, 0.2) is 0 Å². The number of carboxylic acid groups (broad SMARTS) is 1. The molecule has 1 aliphatic rings. The van der Waals surface area contributed by atoms with Gasteiger partial charge in [0.15, 0.2) is 6.10 Å². The lowest BCUT2D eigenvalue weighted by Gasteiger charge is -2.27. The SMILES string of the molecule is O=C(NCCCN1CCNCC1)NCCC(O)C(=O)O. The van der Waals surface area contributed by atoms with Crippen molar-refractivity contribution in [3.05, 3.63) is 0 Å². The van der Waals surface area contributed by atoms with Gasteiger partial charge in [-0.3, -0.25) is 0 Å². The van der Waals surface area contributed by atoms with Crippen molar-refractivity contribution in [1.82, 2.24) is 20.9 Å². The molecule has 1 rings (SSSR count). The van der Waals surface area contributed by atoms with E-state index >= 15 is 0 Å². The van der Waals surface area contributed by atoms with Crippen molar-refractivity contribution in [2.45, 2.75) is 18.9 Å². The molecular weight excluding hydrogens is 264 g/mol. The number of urea groups is 1. The van der Waals surface area contributed by atoms with Gasteiger partial charge in [0, 0.05) is 45.7 Å². The molecule has 1 saturated heterocycles. The fourth-order valence-corrected chi connectivity index (χ4v) is 1.95. The van der Waals surface area contributed by atoms with Crippen LogP contribution >= 0.6 is 0 Å². The summed E-state index contributed by atoms with van der Waals surface area (Å²) in [5, 5.41) is 26.0. The van der Waals surface area contributed by atoms with Crippen LogP contribution in [0.2, 0.25) is 0 Å². The summed E-state index contributed by atoms with van der Waals surface area (Å²) >= 11 is 0. The normalized spacial score (nSPS) is 17.4. The molecule has 8 heteroatoms. The molecule has 0 aromatic carbocycles. The minimum atomic E-state index is -1.43. The minimum absolute atomic E-state index is 0.00350. The summed E-state index contributed by atoms with van der Waals surface area (Å²) in [4.78, 5) is 24.1. The first-order valence-electron chi connectivity index (χ1n) is 6.95. The van der Waals surface area contributed by atoms with Crippen LogP contribution in [0.1, 0.15) is 12.8 Å². The van der Waals surface area contributed by atoms with Crippen LogP contribution in [0.3, 0.4) is 0 Å². The third-order valence-corrected chi connectivity index (χ3v) is 3.13. The molecule has 1 unspecified atom stereocenters. The van der Waals surface area contributed by atoms with Crippen molar-refractivity contribution in [2.24, 2.45) is 0 Å². The van der Waals surface area contributed by atoms with E-state index in [1.54, 1.807) is 0 Å². The number of amides is 2. The van der Waals surface area contributed by atoms with E-state index in [0.29, 0.717) is 6.54 Å². The number of carboxylic acids is 1. The molecule has 1 atom stereocenters. The zero-order valence-corrected chi connectivity index (χ0v) is 11.6. The summed E-state index contributed by atoms with van der Waals surface area (Å²) in [6, 6.07) is -0.331. The second-order valence-electron chi connectivity index (χ2n) is 4.77. The zero-order valence-electron chi connectivity index (χ0n) is 11.6. The van der Waals surface area contributed by atoms with Crippen LogP contribution in [0.25, 0.3) is 0 Å². The molecule has 0 bridgehead atoms. The van der Waals surface area contributed by atoms with E-state index in [2.05, 4.69) is 20.9 Å². The zero-order chi connectivity index (χ0) is 14.8. The van der Waals surface area contributed by atoms with Crippen LogP contribution in [0, 0.1) is 0 Å². The molecule has 20 heavy (non-hydrogen) atoms. The van der Waals surface area contributed by atoms with Gasteiger partial charge in [0.2, 0.25) is 0 Å². The number of aliphatic carboxylic acids is 1. The van der Waals surface area contributed by atoms with Gasteiger partial charge in [-0.25, -0.2) is 9.59 Å². The Hall–Kier alpha value is -1.38. The highest BCUT2D eigenvalue weighted by Crippen LogP contribution is 1.93. The maximum absolute atomic E-state index is 11.4. The number of aliphatic hydroxyl groups is 1. The van der Waals surface area contributed by atoms with E-state index in [-0.39, 0.29) is 19.0 Å². The Morgan fingerprint density at radius 3 is 2.50 bits per heavy atom. The second kappa shape index (κ2) is 9.51. The first-order valence-corrected chi connectivity index (χ1v) is 6.95. The number of hydrogen-bond acceptors (Lipinski definition) is 5. The fourth-order valence-electron chi connectivity index (χ4n) is 1.95. The number of nitrogens with zero attached hydrogens (tertiary/aromatic N) is 1. The van der Waals surface area contributed by atoms with Gasteiger partial charge in [0.05, 0.1) is 0 Å².